The second kappa shape index (κ2) is 4.98. The molecule has 0 aliphatic carbocycles. The zero-order valence-corrected chi connectivity index (χ0v) is 8.71. The number of nitrogens with one attached hydrogen (secondary N) is 1. The first kappa shape index (κ1) is 11.0. The molecule has 0 saturated carbocycles. The fourth-order valence-electron chi connectivity index (χ4n) is 1.24. The van der Waals surface area contributed by atoms with Gasteiger partial charge in [0, 0.05) is 5.02 Å². The van der Waals surface area contributed by atoms with E-state index in [0.717, 1.165) is 5.56 Å². The third kappa shape index (κ3) is 3.01. The van der Waals surface area contributed by atoms with Crippen LogP contribution in [0.2, 0.25) is 5.02 Å². The van der Waals surface area contributed by atoms with Gasteiger partial charge in [0.05, 0.1) is 6.04 Å². The van der Waals surface area contributed by atoms with Gasteiger partial charge in [-0.05, 0) is 31.2 Å². The van der Waals surface area contributed by atoms with Crippen molar-refractivity contribution in [2.45, 2.75) is 12.5 Å². The van der Waals surface area contributed by atoms with E-state index in [9.17, 15) is 4.79 Å². The number of nitrogens with two attached hydrogens (primary N) is 1. The average Bonchev–Trinajstić information content (AvgIpc) is 2.14. The number of carbonyl (C=O) groups excluding carboxylic acids is 1. The number of hydrogen-bond donors (Lipinski definition) is 2. The number of hydrogen-bond acceptors (Lipinski definition) is 2. The fourth-order valence-corrected chi connectivity index (χ4v) is 1.46. The fraction of sp³-hybridized carbons (Fsp3) is 0.300. The van der Waals surface area contributed by atoms with Gasteiger partial charge in [0.25, 0.3) is 0 Å². The monoisotopic (exact) mass is 212 g/mol. The smallest absolute Gasteiger partial charge is 0.234 e. The van der Waals surface area contributed by atoms with Crippen LogP contribution in [-0.2, 0) is 11.2 Å². The van der Waals surface area contributed by atoms with Gasteiger partial charge >= 0.3 is 0 Å². The second-order valence-corrected chi connectivity index (χ2v) is 3.51. The first-order chi connectivity index (χ1) is 6.63. The van der Waals surface area contributed by atoms with Gasteiger partial charge in [-0.2, -0.15) is 0 Å². The molecule has 3 nitrogen and oxygen atoms in total. The van der Waals surface area contributed by atoms with E-state index in [-0.39, 0.29) is 11.9 Å². The lowest BCUT2D eigenvalue weighted by Gasteiger charge is -2.11. The summed E-state index contributed by atoms with van der Waals surface area (Å²) in [7, 11) is 1.71. The first-order valence-corrected chi connectivity index (χ1v) is 4.72. The number of benzene rings is 1. The van der Waals surface area contributed by atoms with Crippen LogP contribution in [0.1, 0.15) is 5.56 Å². The Kier molecular flexibility index (Phi) is 3.92. The molecule has 0 fully saturated rings. The average molecular weight is 213 g/mol. The Balaban J connectivity index is 2.72. The maximum atomic E-state index is 10.9. The highest BCUT2D eigenvalue weighted by Crippen LogP contribution is 2.12. The van der Waals surface area contributed by atoms with Gasteiger partial charge < -0.3 is 11.1 Å². The maximum Gasteiger partial charge on any atom is 0.234 e. The Morgan fingerprint density at radius 3 is 2.86 bits per heavy atom. The lowest BCUT2D eigenvalue weighted by molar-refractivity contribution is -0.119. The molecule has 0 radical (unpaired) electrons. The highest BCUT2D eigenvalue weighted by Gasteiger charge is 2.12. The van der Waals surface area contributed by atoms with Gasteiger partial charge in [-0.25, -0.2) is 0 Å². The van der Waals surface area contributed by atoms with Crippen LogP contribution in [0.5, 0.6) is 0 Å². The summed E-state index contributed by atoms with van der Waals surface area (Å²) in [6, 6.07) is 7.05. The minimum Gasteiger partial charge on any atom is -0.368 e. The molecule has 1 rings (SSSR count). The molecule has 0 spiro atoms. The number of rotatable bonds is 4. The van der Waals surface area contributed by atoms with Gasteiger partial charge in [0.15, 0.2) is 0 Å². The zero-order chi connectivity index (χ0) is 10.6. The van der Waals surface area contributed by atoms with Gasteiger partial charge in [-0.15, -0.1) is 0 Å². The van der Waals surface area contributed by atoms with Gasteiger partial charge in [0.2, 0.25) is 5.91 Å². The molecule has 0 bridgehead atoms. The Bertz CT molecular complexity index is 328. The normalized spacial score (nSPS) is 12.4. The molecule has 0 unspecified atom stereocenters. The van der Waals surface area contributed by atoms with Crippen molar-refractivity contribution in [2.24, 2.45) is 5.73 Å². The zero-order valence-electron chi connectivity index (χ0n) is 7.96. The molecule has 0 aliphatic rings. The molecular formula is C10H13ClN2O. The van der Waals surface area contributed by atoms with Crippen LogP contribution in [0.4, 0.5) is 0 Å². The quantitative estimate of drug-likeness (QED) is 0.781. The molecular weight excluding hydrogens is 200 g/mol. The summed E-state index contributed by atoms with van der Waals surface area (Å²) in [5.41, 5.74) is 6.19. The Morgan fingerprint density at radius 1 is 1.64 bits per heavy atom. The largest absolute Gasteiger partial charge is 0.368 e. The van der Waals surface area contributed by atoms with Gasteiger partial charge in [-0.3, -0.25) is 4.79 Å². The summed E-state index contributed by atoms with van der Waals surface area (Å²) < 4.78 is 0. The molecule has 1 aromatic rings. The van der Waals surface area contributed by atoms with Crippen LogP contribution < -0.4 is 11.1 Å². The van der Waals surface area contributed by atoms with E-state index in [0.29, 0.717) is 11.4 Å². The second-order valence-electron chi connectivity index (χ2n) is 3.08. The molecule has 0 aliphatic heterocycles. The van der Waals surface area contributed by atoms with E-state index in [1.54, 1.807) is 13.1 Å². The SMILES string of the molecule is CN[C@@H](Cc1cccc(Cl)c1)C(N)=O. The molecule has 3 N–H and O–H groups in total. The third-order valence-electron chi connectivity index (χ3n) is 2.02. The lowest BCUT2D eigenvalue weighted by Crippen LogP contribution is -2.40. The van der Waals surface area contributed by atoms with E-state index in [1.807, 2.05) is 18.2 Å². The molecule has 0 heterocycles. The summed E-state index contributed by atoms with van der Waals surface area (Å²) in [6.07, 6.45) is 0.562. The van der Waals surface area contributed by atoms with Crippen molar-refractivity contribution >= 4 is 17.5 Å². The number of primary amides is 1. The number of carbonyl (C=O) groups is 1. The standard InChI is InChI=1S/C10H13ClN2O/c1-13-9(10(12)14)6-7-3-2-4-8(11)5-7/h2-5,9,13H,6H2,1H3,(H2,12,14)/t9-/m0/s1. The van der Waals surface area contributed by atoms with Crippen molar-refractivity contribution < 1.29 is 4.79 Å². The third-order valence-corrected chi connectivity index (χ3v) is 2.26. The van der Waals surface area contributed by atoms with E-state index < -0.39 is 0 Å². The molecule has 4 heteroatoms. The Hall–Kier alpha value is -1.06. The highest BCUT2D eigenvalue weighted by molar-refractivity contribution is 6.30. The summed E-state index contributed by atoms with van der Waals surface area (Å²) in [5.74, 6) is -0.354. The molecule has 0 aromatic heterocycles. The Morgan fingerprint density at radius 2 is 2.36 bits per heavy atom. The van der Waals surface area contributed by atoms with E-state index in [1.165, 1.54) is 0 Å². The van der Waals surface area contributed by atoms with Crippen LogP contribution >= 0.6 is 11.6 Å². The van der Waals surface area contributed by atoms with Crippen LogP contribution in [0.15, 0.2) is 24.3 Å². The van der Waals surface area contributed by atoms with Crippen LogP contribution in [0, 0.1) is 0 Å². The minimum atomic E-state index is -0.354. The molecule has 14 heavy (non-hydrogen) atoms. The predicted octanol–water partition coefficient (Wildman–Crippen LogP) is 0.956. The van der Waals surface area contributed by atoms with Crippen molar-refractivity contribution in [2.75, 3.05) is 7.05 Å². The van der Waals surface area contributed by atoms with Crippen molar-refractivity contribution in [3.63, 3.8) is 0 Å². The summed E-state index contributed by atoms with van der Waals surface area (Å²) in [4.78, 5) is 10.9. The van der Waals surface area contributed by atoms with Gasteiger partial charge in [-0.1, -0.05) is 23.7 Å². The molecule has 1 amide bonds. The number of amides is 1. The first-order valence-electron chi connectivity index (χ1n) is 4.34. The van der Waals surface area contributed by atoms with Crippen molar-refractivity contribution in [1.29, 1.82) is 0 Å². The highest BCUT2D eigenvalue weighted by atomic mass is 35.5. The van der Waals surface area contributed by atoms with Crippen molar-refractivity contribution in [3.05, 3.63) is 34.9 Å². The predicted molar refractivity (Wildman–Crippen MR) is 57.2 cm³/mol. The maximum absolute atomic E-state index is 10.9. The number of likely N-dealkylation sites (N-methyl/N-ethyl adjacent to an activating group) is 1. The number of halogens is 1. The molecule has 76 valence electrons. The topological polar surface area (TPSA) is 55.1 Å². The minimum absolute atomic E-state index is 0.339. The molecule has 0 saturated heterocycles. The van der Waals surface area contributed by atoms with Crippen molar-refractivity contribution in [1.82, 2.24) is 5.32 Å². The van der Waals surface area contributed by atoms with Crippen LogP contribution in [0.3, 0.4) is 0 Å². The summed E-state index contributed by atoms with van der Waals surface area (Å²) in [6.45, 7) is 0. The summed E-state index contributed by atoms with van der Waals surface area (Å²) >= 11 is 5.81. The Labute approximate surface area is 88.2 Å². The lowest BCUT2D eigenvalue weighted by atomic mass is 10.1. The van der Waals surface area contributed by atoms with Gasteiger partial charge in [0.1, 0.15) is 0 Å². The van der Waals surface area contributed by atoms with Crippen molar-refractivity contribution in [3.8, 4) is 0 Å². The van der Waals surface area contributed by atoms with E-state index in [2.05, 4.69) is 5.32 Å². The molecule has 1 atom stereocenters. The van der Waals surface area contributed by atoms with Crippen LogP contribution in [0.25, 0.3) is 0 Å². The van der Waals surface area contributed by atoms with Crippen LogP contribution in [-0.4, -0.2) is 19.0 Å². The van der Waals surface area contributed by atoms with E-state index >= 15 is 0 Å². The van der Waals surface area contributed by atoms with E-state index in [4.69, 9.17) is 17.3 Å². The molecule has 1 aromatic carbocycles. The summed E-state index contributed by atoms with van der Waals surface area (Å²) in [5, 5.41) is 3.52.